The first kappa shape index (κ1) is 50.9. The molecule has 2 saturated heterocycles. The molecule has 2 fully saturated rings. The summed E-state index contributed by atoms with van der Waals surface area (Å²) in [5.74, 6) is 1.14. The number of benzene rings is 4. The number of hydrogen-bond donors (Lipinski definition) is 6. The van der Waals surface area contributed by atoms with Crippen LogP contribution in [0, 0.1) is 0 Å². The molecular formula is C51H58N12O7. The number of morpholine rings is 2. The van der Waals surface area contributed by atoms with Crippen LogP contribution in [0.3, 0.4) is 0 Å². The summed E-state index contributed by atoms with van der Waals surface area (Å²) in [6.07, 6.45) is 3.85. The summed E-state index contributed by atoms with van der Waals surface area (Å²) in [4.78, 5) is 47.8. The third-order valence-electron chi connectivity index (χ3n) is 11.1. The van der Waals surface area contributed by atoms with Crippen LogP contribution in [0.2, 0.25) is 0 Å². The van der Waals surface area contributed by atoms with E-state index in [0.29, 0.717) is 48.5 Å². The van der Waals surface area contributed by atoms with E-state index in [4.69, 9.17) is 41.1 Å². The summed E-state index contributed by atoms with van der Waals surface area (Å²) >= 11 is 0. The summed E-state index contributed by atoms with van der Waals surface area (Å²) in [6.45, 7) is 8.61. The molecule has 19 nitrogen and oxygen atoms in total. The van der Waals surface area contributed by atoms with E-state index in [1.54, 1.807) is 24.3 Å². The number of nitrogens with zero attached hydrogens (tertiary/aromatic N) is 8. The van der Waals surface area contributed by atoms with Gasteiger partial charge in [-0.05, 0) is 135 Å². The van der Waals surface area contributed by atoms with Crippen molar-refractivity contribution in [3.05, 3.63) is 145 Å². The summed E-state index contributed by atoms with van der Waals surface area (Å²) in [5, 5.41) is 32.1. The molecule has 0 unspecified atom stereocenters. The second-order valence-corrected chi connectivity index (χ2v) is 16.0. The minimum atomic E-state index is -1.02. The SMILES string of the molecule is C.C.C[C@@H]1COCCN1c1nc(-c2ccc(N)cc2)nn2cccc12.C[C@@H]1COCCN1c1nc(-c2ccc(NC(=O)Nc3ccc(C(=O)O)cc3)cc2)nn2cccc12.Nc1ccc(C(=O)O)cc1. The minimum Gasteiger partial charge on any atom is -0.478 e. The van der Waals surface area contributed by atoms with Crippen molar-refractivity contribution < 1.29 is 34.1 Å². The zero-order valence-electron chi connectivity index (χ0n) is 37.3. The first-order valence-corrected chi connectivity index (χ1v) is 21.8. The molecule has 19 heteroatoms. The van der Waals surface area contributed by atoms with Crippen molar-refractivity contribution in [3.63, 3.8) is 0 Å². The lowest BCUT2D eigenvalue weighted by atomic mass is 10.2. The van der Waals surface area contributed by atoms with Gasteiger partial charge in [0, 0.05) is 59.4 Å². The Labute approximate surface area is 405 Å². The van der Waals surface area contributed by atoms with E-state index < -0.39 is 18.0 Å². The van der Waals surface area contributed by atoms with Crippen molar-refractivity contribution in [1.82, 2.24) is 29.2 Å². The van der Waals surface area contributed by atoms with E-state index in [0.717, 1.165) is 59.2 Å². The van der Waals surface area contributed by atoms with Crippen LogP contribution < -0.4 is 31.9 Å². The van der Waals surface area contributed by atoms with E-state index >= 15 is 0 Å². The molecule has 364 valence electrons. The highest BCUT2D eigenvalue weighted by molar-refractivity contribution is 6.00. The van der Waals surface area contributed by atoms with Gasteiger partial charge in [-0.25, -0.2) is 33.4 Å². The summed E-state index contributed by atoms with van der Waals surface area (Å²) in [5.41, 5.74) is 17.6. The van der Waals surface area contributed by atoms with E-state index in [1.807, 2.05) is 82.1 Å². The maximum atomic E-state index is 12.3. The van der Waals surface area contributed by atoms with E-state index in [2.05, 4.69) is 44.5 Å². The van der Waals surface area contributed by atoms with Gasteiger partial charge in [0.1, 0.15) is 11.0 Å². The number of urea groups is 1. The Hall–Kier alpha value is -8.55. The molecule has 10 rings (SSSR count). The summed E-state index contributed by atoms with van der Waals surface area (Å²) in [6, 6.07) is 34.9. The molecule has 2 atom stereocenters. The zero-order valence-corrected chi connectivity index (χ0v) is 37.3. The topological polar surface area (TPSA) is 253 Å². The Morgan fingerprint density at radius 3 is 1.34 bits per heavy atom. The van der Waals surface area contributed by atoms with Gasteiger partial charge < -0.3 is 51.6 Å². The number of amides is 2. The van der Waals surface area contributed by atoms with Crippen LogP contribution in [-0.4, -0.2) is 109 Å². The lowest BCUT2D eigenvalue weighted by Crippen LogP contribution is -2.44. The van der Waals surface area contributed by atoms with Gasteiger partial charge in [0.05, 0.1) is 49.6 Å². The van der Waals surface area contributed by atoms with Gasteiger partial charge in [-0.3, -0.25) is 0 Å². The van der Waals surface area contributed by atoms with Crippen LogP contribution >= 0.6 is 0 Å². The van der Waals surface area contributed by atoms with Gasteiger partial charge in [0.15, 0.2) is 23.3 Å². The van der Waals surface area contributed by atoms with Crippen LogP contribution in [-0.2, 0) is 9.47 Å². The Balaban J connectivity index is 0.000000197. The van der Waals surface area contributed by atoms with E-state index in [9.17, 15) is 14.4 Å². The Kier molecular flexibility index (Phi) is 16.7. The third kappa shape index (κ3) is 12.1. The molecule has 4 aromatic heterocycles. The number of carbonyl (C=O) groups is 3. The Morgan fingerprint density at radius 1 is 0.571 bits per heavy atom. The lowest BCUT2D eigenvalue weighted by Gasteiger charge is -2.34. The van der Waals surface area contributed by atoms with Gasteiger partial charge >= 0.3 is 18.0 Å². The summed E-state index contributed by atoms with van der Waals surface area (Å²) in [7, 11) is 0. The zero-order chi connectivity index (χ0) is 47.7. The molecule has 70 heavy (non-hydrogen) atoms. The number of rotatable bonds is 8. The molecule has 4 aromatic carbocycles. The van der Waals surface area contributed by atoms with Gasteiger partial charge in [0.2, 0.25) is 0 Å². The second kappa shape index (κ2) is 23.0. The number of nitrogens with two attached hydrogens (primary N) is 2. The van der Waals surface area contributed by atoms with Gasteiger partial charge in [-0.15, -0.1) is 10.2 Å². The predicted molar refractivity (Wildman–Crippen MR) is 274 cm³/mol. The molecular weight excluding hydrogens is 893 g/mol. The number of hydrogen-bond acceptors (Lipinski definition) is 13. The molecule has 8 aromatic rings. The number of nitrogen functional groups attached to an aromatic ring is 2. The number of ether oxygens (including phenoxy) is 2. The number of aromatic nitrogens is 6. The number of carbonyl (C=O) groups excluding carboxylic acids is 1. The molecule has 2 aliphatic rings. The van der Waals surface area contributed by atoms with E-state index in [1.165, 1.54) is 36.4 Å². The Bertz CT molecular complexity index is 3020. The van der Waals surface area contributed by atoms with E-state index in [-0.39, 0.29) is 38.1 Å². The number of nitrogens with one attached hydrogen (secondary N) is 2. The molecule has 0 aliphatic carbocycles. The fourth-order valence-electron chi connectivity index (χ4n) is 7.54. The second-order valence-electron chi connectivity index (χ2n) is 16.0. The molecule has 8 N–H and O–H groups in total. The van der Waals surface area contributed by atoms with Crippen molar-refractivity contribution in [1.29, 1.82) is 0 Å². The first-order chi connectivity index (χ1) is 32.9. The van der Waals surface area contributed by atoms with Crippen molar-refractivity contribution in [2.24, 2.45) is 0 Å². The minimum absolute atomic E-state index is 0. The summed E-state index contributed by atoms with van der Waals surface area (Å²) < 4.78 is 14.8. The van der Waals surface area contributed by atoms with Gasteiger partial charge in [-0.2, -0.15) is 0 Å². The van der Waals surface area contributed by atoms with Gasteiger partial charge in [-0.1, -0.05) is 14.9 Å². The Morgan fingerprint density at radius 2 is 0.943 bits per heavy atom. The van der Waals surface area contributed by atoms with Crippen molar-refractivity contribution >= 4 is 63.4 Å². The van der Waals surface area contributed by atoms with Crippen molar-refractivity contribution in [3.8, 4) is 22.8 Å². The number of anilines is 6. The van der Waals surface area contributed by atoms with Crippen LogP contribution in [0.25, 0.3) is 33.8 Å². The molecule has 0 saturated carbocycles. The lowest BCUT2D eigenvalue weighted by molar-refractivity contribution is 0.0686. The normalized spacial score (nSPS) is 15.2. The number of fused-ring (bicyclic) bond motifs is 2. The third-order valence-corrected chi connectivity index (χ3v) is 11.1. The smallest absolute Gasteiger partial charge is 0.335 e. The quantitative estimate of drug-likeness (QED) is 0.0782. The largest absolute Gasteiger partial charge is 0.478 e. The molecule has 6 heterocycles. The predicted octanol–water partition coefficient (Wildman–Crippen LogP) is 8.41. The van der Waals surface area contributed by atoms with Crippen LogP contribution in [0.5, 0.6) is 0 Å². The highest BCUT2D eigenvalue weighted by Gasteiger charge is 2.25. The molecule has 2 amide bonds. The first-order valence-electron chi connectivity index (χ1n) is 21.8. The fraction of sp³-hybridized carbons (Fsp3) is 0.235. The fourth-order valence-corrected chi connectivity index (χ4v) is 7.54. The maximum absolute atomic E-state index is 12.3. The number of aromatic carboxylic acids is 2. The average Bonchev–Trinajstić information content (AvgIpc) is 4.03. The molecule has 0 bridgehead atoms. The molecule has 0 radical (unpaired) electrons. The van der Waals surface area contributed by atoms with Crippen LogP contribution in [0.15, 0.2) is 134 Å². The molecule has 0 spiro atoms. The van der Waals surface area contributed by atoms with Gasteiger partial charge in [0.25, 0.3) is 0 Å². The van der Waals surface area contributed by atoms with Crippen LogP contribution in [0.1, 0.15) is 49.4 Å². The number of carboxylic acids is 2. The number of carboxylic acid groups (broad SMARTS) is 2. The van der Waals surface area contributed by atoms with Crippen molar-refractivity contribution in [2.45, 2.75) is 40.8 Å². The molecule has 2 aliphatic heterocycles. The highest BCUT2D eigenvalue weighted by atomic mass is 16.5. The van der Waals surface area contributed by atoms with Crippen molar-refractivity contribution in [2.75, 3.05) is 71.4 Å². The maximum Gasteiger partial charge on any atom is 0.335 e. The van der Waals surface area contributed by atoms with Crippen LogP contribution in [0.4, 0.5) is 39.2 Å². The average molecular weight is 951 g/mol. The monoisotopic (exact) mass is 950 g/mol. The highest BCUT2D eigenvalue weighted by Crippen LogP contribution is 2.29. The standard InChI is InChI=1S/C25H24N6O4.C17H19N5O.C7H7NO2.2CH4/c1-16-15-35-14-13-30(16)23-21-3-2-12-31(21)29-22(28-23)17-4-8-19(9-5-17)26-25(34)27-20-10-6-18(7-11-20)24(32)33;1-12-11-23-10-9-21(12)17-15-3-2-8-22(15)20-16(19-17)13-4-6-14(18)7-5-13;8-6-3-1-5(2-4-6)7(9)10;;/h2-12,16H,13-15H2,1H3,(H,32,33)(H2,26,27,34);2-8,12H,9-11,18H2,1H3;1-4H,8H2,(H,9,10);2*1H4/t16-;12-;;;/m11.../s1.